The van der Waals surface area contributed by atoms with Crippen LogP contribution in [-0.4, -0.2) is 47.5 Å². The van der Waals surface area contributed by atoms with E-state index in [1.165, 1.54) is 11.3 Å². The van der Waals surface area contributed by atoms with Crippen LogP contribution in [0.15, 0.2) is 20.9 Å². The third-order valence-electron chi connectivity index (χ3n) is 3.29. The number of hydrogen-bond donors (Lipinski definition) is 1. The molecule has 1 N–H and O–H groups in total. The highest BCUT2D eigenvalue weighted by Crippen LogP contribution is 2.38. The molecule has 22 heavy (non-hydrogen) atoms. The van der Waals surface area contributed by atoms with E-state index < -0.39 is 5.76 Å². The van der Waals surface area contributed by atoms with Crippen LogP contribution in [0.5, 0.6) is 0 Å². The van der Waals surface area contributed by atoms with Gasteiger partial charge in [0.15, 0.2) is 5.82 Å². The number of hydrogen-bond acceptors (Lipinski definition) is 7. The molecule has 3 rings (SSSR count). The Morgan fingerprint density at radius 1 is 1.55 bits per heavy atom. The molecule has 0 amide bonds. The average molecular weight is 369 g/mol. The summed E-state index contributed by atoms with van der Waals surface area (Å²) >= 11 is 1.82. The first kappa shape index (κ1) is 17.6. The second-order valence-electron chi connectivity index (χ2n) is 4.65. The Bertz CT molecular complexity index is 609. The van der Waals surface area contributed by atoms with E-state index in [-0.39, 0.29) is 18.4 Å². The molecular formula is C12H15ClF2N4OS2. The molecule has 0 aliphatic carbocycles. The minimum atomic E-state index is -2.46. The van der Waals surface area contributed by atoms with Crippen LogP contribution in [0.2, 0.25) is 0 Å². The molecule has 0 aromatic carbocycles. The van der Waals surface area contributed by atoms with Crippen molar-refractivity contribution >= 4 is 35.5 Å². The summed E-state index contributed by atoms with van der Waals surface area (Å²) < 4.78 is 30.3. The van der Waals surface area contributed by atoms with Gasteiger partial charge in [-0.2, -0.15) is 13.8 Å². The van der Waals surface area contributed by atoms with E-state index in [2.05, 4.69) is 20.4 Å². The molecule has 1 unspecified atom stereocenters. The SMILES string of the molecule is CN1CCNCC1c1noc(-c2sccc2SC(F)F)n1.Cl. The standard InChI is InChI=1S/C12H14F2N4OS2.ClH/c1-18-4-3-15-6-7(18)10-16-11(19-17-10)9-8(2-5-20-9)21-12(13)14;/h2,5,7,12,15H,3-4,6H2,1H3;1H. The van der Waals surface area contributed by atoms with Crippen molar-refractivity contribution in [1.29, 1.82) is 0 Å². The van der Waals surface area contributed by atoms with Crippen molar-refractivity contribution < 1.29 is 13.3 Å². The lowest BCUT2D eigenvalue weighted by atomic mass is 10.2. The number of thiophene rings is 1. The van der Waals surface area contributed by atoms with E-state index in [0.29, 0.717) is 33.2 Å². The van der Waals surface area contributed by atoms with Crippen LogP contribution in [0, 0.1) is 0 Å². The van der Waals surface area contributed by atoms with Crippen LogP contribution in [-0.2, 0) is 0 Å². The number of likely N-dealkylation sites (N-methyl/N-ethyl adjacent to an activating group) is 1. The fourth-order valence-electron chi connectivity index (χ4n) is 2.20. The maximum atomic E-state index is 12.5. The Hall–Kier alpha value is -0.740. The molecule has 3 heterocycles. The van der Waals surface area contributed by atoms with Crippen LogP contribution in [0.3, 0.4) is 0 Å². The monoisotopic (exact) mass is 368 g/mol. The molecule has 1 aliphatic rings. The fraction of sp³-hybridized carbons (Fsp3) is 0.500. The van der Waals surface area contributed by atoms with Crippen LogP contribution >= 0.6 is 35.5 Å². The van der Waals surface area contributed by atoms with E-state index in [1.54, 1.807) is 11.4 Å². The molecule has 0 saturated carbocycles. The van der Waals surface area contributed by atoms with Crippen LogP contribution in [0.25, 0.3) is 10.8 Å². The molecule has 10 heteroatoms. The first-order valence-electron chi connectivity index (χ1n) is 6.42. The summed E-state index contributed by atoms with van der Waals surface area (Å²) in [5.74, 6) is -1.57. The summed E-state index contributed by atoms with van der Waals surface area (Å²) in [6.07, 6.45) is 0. The summed E-state index contributed by atoms with van der Waals surface area (Å²) in [5, 5.41) is 9.04. The molecule has 2 aromatic heterocycles. The van der Waals surface area contributed by atoms with Crippen molar-refractivity contribution in [3.63, 3.8) is 0 Å². The molecule has 1 fully saturated rings. The molecule has 1 saturated heterocycles. The highest BCUT2D eigenvalue weighted by Gasteiger charge is 2.26. The first-order chi connectivity index (χ1) is 10.1. The van der Waals surface area contributed by atoms with Gasteiger partial charge in [-0.1, -0.05) is 16.9 Å². The number of nitrogens with one attached hydrogen (secondary N) is 1. The van der Waals surface area contributed by atoms with Gasteiger partial charge in [-0.05, 0) is 18.5 Å². The van der Waals surface area contributed by atoms with Crippen molar-refractivity contribution in [3.05, 3.63) is 17.3 Å². The Morgan fingerprint density at radius 2 is 2.36 bits per heavy atom. The first-order valence-corrected chi connectivity index (χ1v) is 8.18. The summed E-state index contributed by atoms with van der Waals surface area (Å²) in [7, 11) is 2.00. The van der Waals surface area contributed by atoms with Gasteiger partial charge in [-0.3, -0.25) is 4.90 Å². The van der Waals surface area contributed by atoms with Gasteiger partial charge in [0.2, 0.25) is 0 Å². The minimum Gasteiger partial charge on any atom is -0.333 e. The Morgan fingerprint density at radius 3 is 3.09 bits per heavy atom. The van der Waals surface area contributed by atoms with Crippen LogP contribution < -0.4 is 5.32 Å². The molecule has 1 aliphatic heterocycles. The van der Waals surface area contributed by atoms with Gasteiger partial charge in [0.1, 0.15) is 4.88 Å². The Labute approximate surface area is 140 Å². The molecule has 0 bridgehead atoms. The Kier molecular flexibility index (Phi) is 6.16. The minimum absolute atomic E-state index is 0. The van der Waals surface area contributed by atoms with Crippen LogP contribution in [0.4, 0.5) is 8.78 Å². The quantitative estimate of drug-likeness (QED) is 0.837. The molecule has 1 atom stereocenters. The zero-order valence-electron chi connectivity index (χ0n) is 11.7. The smallest absolute Gasteiger partial charge is 0.288 e. The van der Waals surface area contributed by atoms with Gasteiger partial charge in [-0.15, -0.1) is 23.7 Å². The van der Waals surface area contributed by atoms with Crippen molar-refractivity contribution in [1.82, 2.24) is 20.4 Å². The highest BCUT2D eigenvalue weighted by atomic mass is 35.5. The lowest BCUT2D eigenvalue weighted by Crippen LogP contribution is -2.44. The van der Waals surface area contributed by atoms with Crippen molar-refractivity contribution in [3.8, 4) is 10.8 Å². The number of nitrogens with zero attached hydrogens (tertiary/aromatic N) is 3. The zero-order chi connectivity index (χ0) is 14.8. The normalized spacial score (nSPS) is 19.4. The molecule has 5 nitrogen and oxygen atoms in total. The van der Waals surface area contributed by atoms with Crippen molar-refractivity contribution in [2.75, 3.05) is 26.7 Å². The predicted molar refractivity (Wildman–Crippen MR) is 85.0 cm³/mol. The maximum absolute atomic E-state index is 12.5. The molecule has 0 spiro atoms. The van der Waals surface area contributed by atoms with E-state index in [1.807, 2.05) is 7.05 Å². The lowest BCUT2D eigenvalue weighted by molar-refractivity contribution is 0.190. The third-order valence-corrected chi connectivity index (χ3v) is 5.09. The van der Waals surface area contributed by atoms with Crippen molar-refractivity contribution in [2.24, 2.45) is 0 Å². The topological polar surface area (TPSA) is 54.2 Å². The largest absolute Gasteiger partial charge is 0.333 e. The van der Waals surface area contributed by atoms with Gasteiger partial charge in [-0.25, -0.2) is 0 Å². The highest BCUT2D eigenvalue weighted by molar-refractivity contribution is 7.99. The number of halogens is 3. The van der Waals surface area contributed by atoms with Gasteiger partial charge in [0.25, 0.3) is 11.6 Å². The van der Waals surface area contributed by atoms with Crippen LogP contribution in [0.1, 0.15) is 11.9 Å². The second-order valence-corrected chi connectivity index (χ2v) is 6.60. The molecule has 122 valence electrons. The molecular weight excluding hydrogens is 354 g/mol. The molecule has 0 radical (unpaired) electrons. The Balaban J connectivity index is 0.00000176. The lowest BCUT2D eigenvalue weighted by Gasteiger charge is -2.30. The van der Waals surface area contributed by atoms with Gasteiger partial charge >= 0.3 is 0 Å². The van der Waals surface area contributed by atoms with Gasteiger partial charge in [0.05, 0.1) is 6.04 Å². The maximum Gasteiger partial charge on any atom is 0.288 e. The van der Waals surface area contributed by atoms with E-state index in [9.17, 15) is 8.78 Å². The van der Waals surface area contributed by atoms with E-state index in [4.69, 9.17) is 4.52 Å². The summed E-state index contributed by atoms with van der Waals surface area (Å²) in [6.45, 7) is 2.58. The van der Waals surface area contributed by atoms with E-state index >= 15 is 0 Å². The van der Waals surface area contributed by atoms with Gasteiger partial charge in [0, 0.05) is 24.5 Å². The predicted octanol–water partition coefficient (Wildman–Crippen LogP) is 3.11. The number of thioether (sulfide) groups is 1. The number of piperazine rings is 1. The summed E-state index contributed by atoms with van der Waals surface area (Å²) in [6, 6.07) is 1.69. The second kappa shape index (κ2) is 7.69. The number of aromatic nitrogens is 2. The average Bonchev–Trinajstić information content (AvgIpc) is 3.07. The van der Waals surface area contributed by atoms with E-state index in [0.717, 1.165) is 19.6 Å². The van der Waals surface area contributed by atoms with Gasteiger partial charge < -0.3 is 9.84 Å². The summed E-state index contributed by atoms with van der Waals surface area (Å²) in [4.78, 5) is 7.61. The molecule has 2 aromatic rings. The fourth-order valence-corrected chi connectivity index (χ4v) is 3.81. The summed E-state index contributed by atoms with van der Waals surface area (Å²) in [5.41, 5.74) is 0. The number of rotatable bonds is 4. The third kappa shape index (κ3) is 3.77. The van der Waals surface area contributed by atoms with Crippen molar-refractivity contribution in [2.45, 2.75) is 16.7 Å². The number of alkyl halides is 2. The zero-order valence-corrected chi connectivity index (χ0v) is 14.1.